The Kier molecular flexibility index (Phi) is 4.19. The fourth-order valence-corrected chi connectivity index (χ4v) is 2.37. The van der Waals surface area contributed by atoms with E-state index in [0.29, 0.717) is 11.1 Å². The van der Waals surface area contributed by atoms with Crippen LogP contribution < -0.4 is 10.6 Å². The molecule has 5 heteroatoms. The van der Waals surface area contributed by atoms with Gasteiger partial charge in [-0.25, -0.2) is 4.39 Å². The van der Waals surface area contributed by atoms with Gasteiger partial charge in [0.1, 0.15) is 5.82 Å². The average Bonchev–Trinajstić information content (AvgIpc) is 2.32. The van der Waals surface area contributed by atoms with Gasteiger partial charge in [-0.3, -0.25) is 4.79 Å². The summed E-state index contributed by atoms with van der Waals surface area (Å²) >= 11 is 5.77. The predicted octanol–water partition coefficient (Wildman–Crippen LogP) is 2.35. The summed E-state index contributed by atoms with van der Waals surface area (Å²) in [6.07, 6.45) is 1.71. The molecule has 0 aliphatic carbocycles. The van der Waals surface area contributed by atoms with Crippen molar-refractivity contribution in [3.8, 4) is 0 Å². The Bertz CT molecular complexity index is 453. The largest absolute Gasteiger partial charge is 0.349 e. The summed E-state index contributed by atoms with van der Waals surface area (Å²) in [5.74, 6) is -0.937. The van der Waals surface area contributed by atoms with E-state index in [-0.39, 0.29) is 11.6 Å². The van der Waals surface area contributed by atoms with Gasteiger partial charge in [0.25, 0.3) is 5.91 Å². The van der Waals surface area contributed by atoms with Gasteiger partial charge in [0, 0.05) is 17.1 Å². The average molecular weight is 271 g/mol. The molecular weight excluding hydrogens is 255 g/mol. The molecule has 1 aromatic rings. The zero-order chi connectivity index (χ0) is 13.1. The Morgan fingerprint density at radius 1 is 1.56 bits per heavy atom. The van der Waals surface area contributed by atoms with Crippen LogP contribution in [0.1, 0.15) is 30.1 Å². The molecule has 18 heavy (non-hydrogen) atoms. The normalized spacial score (nSPS) is 23.7. The van der Waals surface area contributed by atoms with Crippen LogP contribution in [0.25, 0.3) is 0 Å². The minimum atomic E-state index is -0.543. The molecule has 1 saturated heterocycles. The maximum atomic E-state index is 13.5. The van der Waals surface area contributed by atoms with E-state index in [1.807, 2.05) is 0 Å². The zero-order valence-corrected chi connectivity index (χ0v) is 10.9. The van der Waals surface area contributed by atoms with E-state index in [1.54, 1.807) is 0 Å². The van der Waals surface area contributed by atoms with Crippen molar-refractivity contribution in [2.24, 2.45) is 0 Å². The second-order valence-corrected chi connectivity index (χ2v) is 5.11. The molecule has 1 heterocycles. The van der Waals surface area contributed by atoms with Crippen LogP contribution in [0, 0.1) is 5.82 Å². The van der Waals surface area contributed by atoms with Crippen LogP contribution in [-0.4, -0.2) is 24.5 Å². The molecule has 0 aromatic heterocycles. The fraction of sp³-hybridized carbons (Fsp3) is 0.462. The van der Waals surface area contributed by atoms with Crippen molar-refractivity contribution in [1.29, 1.82) is 0 Å². The van der Waals surface area contributed by atoms with Gasteiger partial charge in [0.2, 0.25) is 0 Å². The van der Waals surface area contributed by atoms with Crippen LogP contribution >= 0.6 is 11.6 Å². The molecule has 0 radical (unpaired) electrons. The number of amides is 1. The first kappa shape index (κ1) is 13.3. The van der Waals surface area contributed by atoms with Gasteiger partial charge in [-0.05, 0) is 44.5 Å². The molecule has 2 rings (SSSR count). The van der Waals surface area contributed by atoms with E-state index in [0.717, 1.165) is 19.4 Å². The fourth-order valence-electron chi connectivity index (χ4n) is 2.20. The van der Waals surface area contributed by atoms with Crippen molar-refractivity contribution >= 4 is 17.5 Å². The van der Waals surface area contributed by atoms with Crippen molar-refractivity contribution in [3.05, 3.63) is 34.6 Å². The number of halogens is 2. The van der Waals surface area contributed by atoms with Gasteiger partial charge in [0.05, 0.1) is 5.56 Å². The van der Waals surface area contributed by atoms with Crippen LogP contribution in [-0.2, 0) is 0 Å². The van der Waals surface area contributed by atoms with E-state index in [2.05, 4.69) is 17.6 Å². The highest BCUT2D eigenvalue weighted by atomic mass is 35.5. The van der Waals surface area contributed by atoms with Crippen molar-refractivity contribution in [2.75, 3.05) is 6.54 Å². The molecule has 2 unspecified atom stereocenters. The molecule has 0 spiro atoms. The molecule has 1 aliphatic rings. The number of carbonyl (C=O) groups excluding carboxylic acids is 1. The van der Waals surface area contributed by atoms with Crippen molar-refractivity contribution in [1.82, 2.24) is 10.6 Å². The van der Waals surface area contributed by atoms with Crippen LogP contribution in [0.5, 0.6) is 0 Å². The lowest BCUT2D eigenvalue weighted by atomic mass is 10.0. The molecule has 3 nitrogen and oxygen atoms in total. The summed E-state index contributed by atoms with van der Waals surface area (Å²) in [5.41, 5.74) is 0.00804. The molecular formula is C13H16ClFN2O. The topological polar surface area (TPSA) is 41.1 Å². The lowest BCUT2D eigenvalue weighted by Crippen LogP contribution is -2.46. The van der Waals surface area contributed by atoms with Gasteiger partial charge < -0.3 is 10.6 Å². The van der Waals surface area contributed by atoms with Gasteiger partial charge >= 0.3 is 0 Å². The zero-order valence-electron chi connectivity index (χ0n) is 10.2. The van der Waals surface area contributed by atoms with E-state index < -0.39 is 11.7 Å². The van der Waals surface area contributed by atoms with E-state index >= 15 is 0 Å². The lowest BCUT2D eigenvalue weighted by Gasteiger charge is -2.28. The maximum absolute atomic E-state index is 13.5. The van der Waals surface area contributed by atoms with Crippen molar-refractivity contribution in [2.45, 2.75) is 31.8 Å². The summed E-state index contributed by atoms with van der Waals surface area (Å²) in [6.45, 7) is 2.93. The van der Waals surface area contributed by atoms with Crippen LogP contribution in [0.3, 0.4) is 0 Å². The molecule has 2 atom stereocenters. The summed E-state index contributed by atoms with van der Waals surface area (Å²) < 4.78 is 13.5. The smallest absolute Gasteiger partial charge is 0.254 e. The van der Waals surface area contributed by atoms with Crippen LogP contribution in [0.4, 0.5) is 4.39 Å². The van der Waals surface area contributed by atoms with Crippen molar-refractivity contribution in [3.63, 3.8) is 0 Å². The van der Waals surface area contributed by atoms with Gasteiger partial charge in [-0.1, -0.05) is 11.6 Å². The highest BCUT2D eigenvalue weighted by molar-refractivity contribution is 6.31. The molecule has 1 aromatic carbocycles. The van der Waals surface area contributed by atoms with E-state index in [1.165, 1.54) is 18.2 Å². The monoisotopic (exact) mass is 270 g/mol. The summed E-state index contributed by atoms with van der Waals surface area (Å²) in [7, 11) is 0. The second-order valence-electron chi connectivity index (χ2n) is 4.67. The van der Waals surface area contributed by atoms with E-state index in [4.69, 9.17) is 11.6 Å². The molecule has 98 valence electrons. The SMILES string of the molecule is CC1CC(NC(=O)c2cc(Cl)ccc2F)CCN1. The lowest BCUT2D eigenvalue weighted by molar-refractivity contribution is 0.0921. The summed E-state index contributed by atoms with van der Waals surface area (Å²) in [4.78, 5) is 12.0. The Labute approximate surface area is 111 Å². The molecule has 0 saturated carbocycles. The Hall–Kier alpha value is -1.13. The molecule has 1 aliphatic heterocycles. The van der Waals surface area contributed by atoms with Gasteiger partial charge in [-0.2, -0.15) is 0 Å². The molecule has 2 N–H and O–H groups in total. The first-order valence-electron chi connectivity index (χ1n) is 6.05. The minimum Gasteiger partial charge on any atom is -0.349 e. The van der Waals surface area contributed by atoms with Crippen LogP contribution in [0.15, 0.2) is 18.2 Å². The first-order chi connectivity index (χ1) is 8.56. The second kappa shape index (κ2) is 5.67. The highest BCUT2D eigenvalue weighted by Crippen LogP contribution is 2.16. The Morgan fingerprint density at radius 3 is 3.06 bits per heavy atom. The molecule has 1 fully saturated rings. The standard InChI is InChI=1S/C13H16ClFN2O/c1-8-6-10(4-5-16-8)17-13(18)11-7-9(14)2-3-12(11)15/h2-3,7-8,10,16H,4-6H2,1H3,(H,17,18). The highest BCUT2D eigenvalue weighted by Gasteiger charge is 2.21. The Balaban J connectivity index is 2.05. The van der Waals surface area contributed by atoms with E-state index in [9.17, 15) is 9.18 Å². The van der Waals surface area contributed by atoms with Crippen molar-refractivity contribution < 1.29 is 9.18 Å². The summed E-state index contributed by atoms with van der Waals surface area (Å²) in [6, 6.07) is 4.46. The third-order valence-electron chi connectivity index (χ3n) is 3.13. The van der Waals surface area contributed by atoms with Gasteiger partial charge in [0.15, 0.2) is 0 Å². The Morgan fingerprint density at radius 2 is 2.33 bits per heavy atom. The van der Waals surface area contributed by atoms with Gasteiger partial charge in [-0.15, -0.1) is 0 Å². The number of hydrogen-bond acceptors (Lipinski definition) is 2. The number of carbonyl (C=O) groups is 1. The summed E-state index contributed by atoms with van der Waals surface area (Å²) in [5, 5.41) is 6.52. The van der Waals surface area contributed by atoms with Crippen LogP contribution in [0.2, 0.25) is 5.02 Å². The quantitative estimate of drug-likeness (QED) is 0.866. The molecule has 1 amide bonds. The number of benzene rings is 1. The number of rotatable bonds is 2. The predicted molar refractivity (Wildman–Crippen MR) is 69.4 cm³/mol. The third kappa shape index (κ3) is 3.21. The minimum absolute atomic E-state index is 0.00804. The first-order valence-corrected chi connectivity index (χ1v) is 6.43. The molecule has 0 bridgehead atoms. The number of nitrogens with one attached hydrogen (secondary N) is 2. The third-order valence-corrected chi connectivity index (χ3v) is 3.37. The number of hydrogen-bond donors (Lipinski definition) is 2. The maximum Gasteiger partial charge on any atom is 0.254 e. The number of piperidine rings is 1.